The maximum absolute atomic E-state index is 6.62. The first kappa shape index (κ1) is 11.2. The molecule has 2 N–H and O–H groups in total. The monoisotopic (exact) mass is 140 g/mol. The predicted molar refractivity (Wildman–Crippen MR) is 35.8 cm³/mol. The minimum absolute atomic E-state index is 1.26. The predicted octanol–water partition coefficient (Wildman–Crippen LogP) is 1.61. The lowest BCUT2D eigenvalue weighted by molar-refractivity contribution is -0.465. The lowest BCUT2D eigenvalue weighted by atomic mass is 10.4. The summed E-state index contributed by atoms with van der Waals surface area (Å²) >= 11 is 0. The van der Waals surface area contributed by atoms with Gasteiger partial charge in [-0.3, -0.25) is 0 Å². The number of unbranched alkanes of at least 4 members (excludes halogenated alkanes) is 1. The molecule has 0 bridgehead atoms. The highest BCUT2D eigenvalue weighted by Gasteiger charge is 1.68. The number of hydrogen-bond acceptors (Lipinski definition) is 3. The average molecular weight is 140 g/mol. The molecule has 0 aromatic rings. The highest BCUT2D eigenvalue weighted by Crippen LogP contribution is 1.89. The second-order valence-electron chi connectivity index (χ2n) is 1.22. The zero-order valence-electron chi connectivity index (χ0n) is 5.00. The van der Waals surface area contributed by atoms with E-state index >= 15 is 0 Å². The zero-order valence-corrected chi connectivity index (χ0v) is 6.16. The van der Waals surface area contributed by atoms with Crippen molar-refractivity contribution >= 4 is 9.24 Å². The van der Waals surface area contributed by atoms with Gasteiger partial charge >= 0.3 is 0 Å². The van der Waals surface area contributed by atoms with Crippen LogP contribution in [0.25, 0.3) is 0 Å². The van der Waals surface area contributed by atoms with E-state index in [2.05, 4.69) is 21.2 Å². The first-order valence-corrected chi connectivity index (χ1v) is 3.30. The molecule has 0 amide bonds. The Labute approximate surface area is 51.7 Å². The second kappa shape index (κ2) is 15.7. The van der Waals surface area contributed by atoms with Gasteiger partial charge in [0.25, 0.3) is 0 Å². The van der Waals surface area contributed by atoms with Crippen molar-refractivity contribution in [3.05, 3.63) is 0 Å². The van der Waals surface area contributed by atoms with E-state index in [4.69, 9.17) is 10.5 Å². The maximum Gasteiger partial charge on any atom is -0.0381 e. The maximum atomic E-state index is 6.62. The van der Waals surface area contributed by atoms with E-state index in [1.54, 1.807) is 0 Å². The molecule has 52 valence electrons. The Balaban J connectivity index is 0. The van der Waals surface area contributed by atoms with Crippen molar-refractivity contribution in [2.45, 2.75) is 19.8 Å². The Morgan fingerprint density at radius 1 is 1.50 bits per heavy atom. The topological polar surface area (TPSA) is 49.7 Å². The fraction of sp³-hybridized carbons (Fsp3) is 1.00. The van der Waals surface area contributed by atoms with Gasteiger partial charge in [-0.2, -0.15) is 0 Å². The van der Waals surface area contributed by atoms with E-state index in [9.17, 15) is 0 Å². The lowest BCUT2D eigenvalue weighted by Gasteiger charge is -1.79. The molecule has 8 heavy (non-hydrogen) atoms. The molecule has 0 aliphatic carbocycles. The molecule has 0 saturated heterocycles. The largest absolute Gasteiger partial charge is 0.221 e. The molecule has 0 aromatic carbocycles. The van der Waals surface area contributed by atoms with Crippen molar-refractivity contribution in [3.63, 3.8) is 0 Å². The van der Waals surface area contributed by atoms with Crippen LogP contribution in [0.1, 0.15) is 19.8 Å². The Morgan fingerprint density at radius 2 is 1.88 bits per heavy atom. The fourth-order valence-electron chi connectivity index (χ4n) is 0.204. The van der Waals surface area contributed by atoms with Gasteiger partial charge in [-0.25, -0.2) is 10.5 Å². The third kappa shape index (κ3) is 33.3. The summed E-state index contributed by atoms with van der Waals surface area (Å²) in [5, 5.41) is 15.5. The van der Waals surface area contributed by atoms with E-state index in [-0.39, 0.29) is 0 Å². The average Bonchev–Trinajstić information content (AvgIpc) is 1.71. The Bertz CT molecular complexity index is 25.2. The summed E-state index contributed by atoms with van der Waals surface area (Å²) in [4.78, 5) is 0. The van der Waals surface area contributed by atoms with Crippen molar-refractivity contribution in [1.29, 1.82) is 0 Å². The van der Waals surface area contributed by atoms with Crippen molar-refractivity contribution in [2.75, 3.05) is 6.16 Å². The molecule has 0 saturated carbocycles. The summed E-state index contributed by atoms with van der Waals surface area (Å²) in [5.74, 6) is 0. The van der Waals surface area contributed by atoms with Gasteiger partial charge in [0.1, 0.15) is 0 Å². The molecule has 0 aliphatic rings. The summed E-state index contributed by atoms with van der Waals surface area (Å²) in [7, 11) is 2.70. The van der Waals surface area contributed by atoms with Crippen LogP contribution < -0.4 is 0 Å². The highest BCUT2D eigenvalue weighted by atomic mass is 31.0. The molecular weight excluding hydrogens is 127 g/mol. The minimum Gasteiger partial charge on any atom is -0.221 e. The Kier molecular flexibility index (Phi) is 21.8. The van der Waals surface area contributed by atoms with Gasteiger partial charge in [0.05, 0.1) is 0 Å². The third-order valence-corrected chi connectivity index (χ3v) is 0.966. The van der Waals surface area contributed by atoms with Crippen LogP contribution in [0.15, 0.2) is 0 Å². The summed E-state index contributed by atoms with van der Waals surface area (Å²) in [6.07, 6.45) is 3.94. The molecule has 0 aliphatic heterocycles. The van der Waals surface area contributed by atoms with Crippen LogP contribution in [0.5, 0.6) is 0 Å². The van der Waals surface area contributed by atoms with Gasteiger partial charge in [0, 0.05) is 0 Å². The molecule has 1 atom stereocenters. The van der Waals surface area contributed by atoms with Crippen molar-refractivity contribution in [3.8, 4) is 0 Å². The zero-order chi connectivity index (χ0) is 6.83. The second-order valence-corrected chi connectivity index (χ2v) is 1.80. The van der Waals surface area contributed by atoms with Gasteiger partial charge in [0.2, 0.25) is 0 Å². The molecule has 0 fully saturated rings. The van der Waals surface area contributed by atoms with Gasteiger partial charge in [-0.15, -0.1) is 9.24 Å². The molecule has 0 heterocycles. The van der Waals surface area contributed by atoms with Crippen molar-refractivity contribution < 1.29 is 15.6 Å². The summed E-state index contributed by atoms with van der Waals surface area (Å²) in [6.45, 7) is 2.20. The van der Waals surface area contributed by atoms with Crippen LogP contribution in [0.2, 0.25) is 0 Å². The fourth-order valence-corrected chi connectivity index (χ4v) is 0.612. The quantitative estimate of drug-likeness (QED) is 0.348. The minimum atomic E-state index is 1.26. The lowest BCUT2D eigenvalue weighted by Crippen LogP contribution is -1.64. The molecule has 4 heteroatoms. The Morgan fingerprint density at radius 3 is 1.88 bits per heavy atom. The van der Waals surface area contributed by atoms with Gasteiger partial charge < -0.3 is 0 Å². The van der Waals surface area contributed by atoms with Gasteiger partial charge in [-0.05, 0) is 6.16 Å². The van der Waals surface area contributed by atoms with Crippen LogP contribution >= 0.6 is 9.24 Å². The van der Waals surface area contributed by atoms with Crippen LogP contribution in [0, 0.1) is 0 Å². The number of hydrogen-bond donors (Lipinski definition) is 2. The van der Waals surface area contributed by atoms with E-state index in [1.807, 2.05) is 0 Å². The van der Waals surface area contributed by atoms with E-state index in [0.717, 1.165) is 0 Å². The summed E-state index contributed by atoms with van der Waals surface area (Å²) < 4.78 is 0. The smallest absolute Gasteiger partial charge is 0.0381 e. The summed E-state index contributed by atoms with van der Waals surface area (Å²) in [5.41, 5.74) is 0. The molecule has 3 nitrogen and oxygen atoms in total. The first-order valence-electron chi connectivity index (χ1n) is 2.48. The first-order chi connectivity index (χ1) is 3.83. The SMILES string of the molecule is CCCCP.OOO. The van der Waals surface area contributed by atoms with Crippen LogP contribution in [0.3, 0.4) is 0 Å². The van der Waals surface area contributed by atoms with Gasteiger partial charge in [0.15, 0.2) is 0 Å². The van der Waals surface area contributed by atoms with E-state index in [1.165, 1.54) is 19.0 Å². The number of rotatable bonds is 2. The van der Waals surface area contributed by atoms with Crippen molar-refractivity contribution in [1.82, 2.24) is 0 Å². The molecule has 0 radical (unpaired) electrons. The van der Waals surface area contributed by atoms with E-state index in [0.29, 0.717) is 0 Å². The van der Waals surface area contributed by atoms with Crippen molar-refractivity contribution in [2.24, 2.45) is 0 Å². The van der Waals surface area contributed by atoms with Crippen LogP contribution in [-0.2, 0) is 5.04 Å². The van der Waals surface area contributed by atoms with Gasteiger partial charge in [-0.1, -0.05) is 24.8 Å². The molecule has 0 rings (SSSR count). The molecule has 0 spiro atoms. The summed E-state index contributed by atoms with van der Waals surface area (Å²) in [6, 6.07) is 0. The molecular formula is C4H13O3P. The standard InChI is InChI=1S/C4H11P.H2O3/c1-2-3-4-5;1-3-2/h2-5H2,1H3;1-2H. The van der Waals surface area contributed by atoms with Crippen LogP contribution in [0.4, 0.5) is 0 Å². The van der Waals surface area contributed by atoms with Crippen LogP contribution in [-0.4, -0.2) is 16.7 Å². The normalized spacial score (nSPS) is 7.50. The Hall–Kier alpha value is 0.310. The third-order valence-electron chi connectivity index (χ3n) is 0.558. The van der Waals surface area contributed by atoms with E-state index < -0.39 is 0 Å². The molecule has 0 aromatic heterocycles. The highest BCUT2D eigenvalue weighted by molar-refractivity contribution is 7.16. The molecule has 1 unspecified atom stereocenters.